The fourth-order valence-corrected chi connectivity index (χ4v) is 2.63. The van der Waals surface area contributed by atoms with E-state index in [-0.39, 0.29) is 16.9 Å². The van der Waals surface area contributed by atoms with Gasteiger partial charge in [0.1, 0.15) is 11.4 Å². The van der Waals surface area contributed by atoms with E-state index in [9.17, 15) is 9.59 Å². The summed E-state index contributed by atoms with van der Waals surface area (Å²) in [6, 6.07) is 1.99. The minimum atomic E-state index is -0.387. The lowest BCUT2D eigenvalue weighted by atomic mass is 10.1. The Morgan fingerprint density at radius 2 is 2.11 bits per heavy atom. The summed E-state index contributed by atoms with van der Waals surface area (Å²) in [5, 5.41) is 1.96. The number of aromatic amines is 1. The summed E-state index contributed by atoms with van der Waals surface area (Å²) in [4.78, 5) is 31.5. The summed E-state index contributed by atoms with van der Waals surface area (Å²) < 4.78 is 0. The Bertz CT molecular complexity index is 710. The monoisotopic (exact) mass is 274 g/mol. The first-order valence-electron chi connectivity index (χ1n) is 5.83. The Morgan fingerprint density at radius 1 is 1.37 bits per heavy atom. The van der Waals surface area contributed by atoms with E-state index in [2.05, 4.69) is 9.97 Å². The lowest BCUT2D eigenvalue weighted by molar-refractivity contribution is 0.104. The fraction of sp³-hybridized carbons (Fsp3) is 0.214. The highest BCUT2D eigenvalue weighted by Crippen LogP contribution is 2.17. The van der Waals surface area contributed by atoms with Crippen LogP contribution in [-0.4, -0.2) is 15.8 Å². The molecular weight excluding hydrogens is 260 g/mol. The molecule has 5 heteroatoms. The highest BCUT2D eigenvalue weighted by atomic mass is 32.1. The molecule has 4 nitrogen and oxygen atoms in total. The van der Waals surface area contributed by atoms with Crippen molar-refractivity contribution in [1.82, 2.24) is 9.97 Å². The SMILES string of the molecule is Cc1nc(C)c(C(=O)C=Cc2sccc2C)c(=O)[nH]1. The van der Waals surface area contributed by atoms with Crippen molar-refractivity contribution in [3.8, 4) is 0 Å². The van der Waals surface area contributed by atoms with E-state index in [1.54, 1.807) is 31.3 Å². The smallest absolute Gasteiger partial charge is 0.262 e. The molecule has 0 aliphatic rings. The summed E-state index contributed by atoms with van der Waals surface area (Å²) in [5.74, 6) is 0.191. The van der Waals surface area contributed by atoms with Gasteiger partial charge < -0.3 is 4.98 Å². The van der Waals surface area contributed by atoms with Crippen molar-refractivity contribution in [2.24, 2.45) is 0 Å². The van der Waals surface area contributed by atoms with Gasteiger partial charge in [0.25, 0.3) is 5.56 Å². The summed E-state index contributed by atoms with van der Waals surface area (Å²) in [5.41, 5.74) is 1.29. The van der Waals surface area contributed by atoms with Gasteiger partial charge in [0.15, 0.2) is 5.78 Å². The minimum Gasteiger partial charge on any atom is -0.310 e. The molecule has 98 valence electrons. The molecule has 0 saturated heterocycles. The molecule has 2 rings (SSSR count). The van der Waals surface area contributed by atoms with E-state index >= 15 is 0 Å². The van der Waals surface area contributed by atoms with E-state index in [4.69, 9.17) is 0 Å². The van der Waals surface area contributed by atoms with Gasteiger partial charge >= 0.3 is 0 Å². The van der Waals surface area contributed by atoms with Gasteiger partial charge in [-0.25, -0.2) is 4.98 Å². The lowest BCUT2D eigenvalue weighted by Crippen LogP contribution is -2.21. The molecule has 2 heterocycles. The predicted molar refractivity (Wildman–Crippen MR) is 76.8 cm³/mol. The standard InChI is InChI=1S/C14H14N2O2S/c1-8-6-7-19-12(8)5-4-11(17)13-9(2)15-10(3)16-14(13)18/h4-7H,1-3H3,(H,15,16,18). The van der Waals surface area contributed by atoms with Gasteiger partial charge in [-0.2, -0.15) is 0 Å². The molecule has 0 radical (unpaired) electrons. The van der Waals surface area contributed by atoms with Gasteiger partial charge in [-0.15, -0.1) is 11.3 Å². The molecule has 2 aromatic rings. The normalized spacial score (nSPS) is 11.1. The molecule has 0 aromatic carbocycles. The molecule has 0 fully saturated rings. The third-order valence-electron chi connectivity index (χ3n) is 2.75. The number of thiophene rings is 1. The first kappa shape index (κ1) is 13.4. The van der Waals surface area contributed by atoms with Crippen LogP contribution in [0, 0.1) is 20.8 Å². The zero-order valence-electron chi connectivity index (χ0n) is 11.0. The molecule has 1 N–H and O–H groups in total. The van der Waals surface area contributed by atoms with Crippen LogP contribution in [0.4, 0.5) is 0 Å². The zero-order chi connectivity index (χ0) is 14.0. The van der Waals surface area contributed by atoms with Gasteiger partial charge in [-0.1, -0.05) is 0 Å². The average Bonchev–Trinajstić information content (AvgIpc) is 2.70. The quantitative estimate of drug-likeness (QED) is 0.691. The van der Waals surface area contributed by atoms with Crippen LogP contribution in [0.1, 0.15) is 32.3 Å². The van der Waals surface area contributed by atoms with Crippen LogP contribution in [0.2, 0.25) is 0 Å². The number of H-pyrrole nitrogens is 1. The van der Waals surface area contributed by atoms with E-state index in [1.807, 2.05) is 18.4 Å². The van der Waals surface area contributed by atoms with Crippen molar-refractivity contribution in [2.75, 3.05) is 0 Å². The van der Waals surface area contributed by atoms with E-state index in [0.29, 0.717) is 11.5 Å². The number of carbonyl (C=O) groups excluding carboxylic acids is 1. The number of carbonyl (C=O) groups is 1. The third-order valence-corrected chi connectivity index (χ3v) is 3.74. The molecule has 0 atom stereocenters. The molecule has 0 spiro atoms. The molecule has 0 aliphatic heterocycles. The van der Waals surface area contributed by atoms with Crippen molar-refractivity contribution in [2.45, 2.75) is 20.8 Å². The maximum Gasteiger partial charge on any atom is 0.262 e. The van der Waals surface area contributed by atoms with Crippen LogP contribution in [0.15, 0.2) is 22.3 Å². The van der Waals surface area contributed by atoms with Gasteiger partial charge in [-0.05, 0) is 49.9 Å². The molecule has 0 bridgehead atoms. The molecule has 2 aromatic heterocycles. The Hall–Kier alpha value is -2.01. The van der Waals surface area contributed by atoms with Crippen LogP contribution < -0.4 is 5.56 Å². The number of hydrogen-bond acceptors (Lipinski definition) is 4. The van der Waals surface area contributed by atoms with Crippen LogP contribution in [0.5, 0.6) is 0 Å². The summed E-state index contributed by atoms with van der Waals surface area (Å²) >= 11 is 1.56. The molecule has 0 amide bonds. The van der Waals surface area contributed by atoms with Crippen LogP contribution in [0.3, 0.4) is 0 Å². The van der Waals surface area contributed by atoms with Gasteiger partial charge in [-0.3, -0.25) is 9.59 Å². The van der Waals surface area contributed by atoms with E-state index in [0.717, 1.165) is 10.4 Å². The average molecular weight is 274 g/mol. The first-order chi connectivity index (χ1) is 8.99. The van der Waals surface area contributed by atoms with Crippen LogP contribution in [-0.2, 0) is 0 Å². The van der Waals surface area contributed by atoms with Gasteiger partial charge in [0, 0.05) is 4.88 Å². The number of nitrogens with one attached hydrogen (secondary N) is 1. The lowest BCUT2D eigenvalue weighted by Gasteiger charge is -2.01. The predicted octanol–water partition coefficient (Wildman–Crippen LogP) is 2.65. The molecule has 19 heavy (non-hydrogen) atoms. The molecule has 0 saturated carbocycles. The Balaban J connectivity index is 2.34. The second-order valence-electron chi connectivity index (χ2n) is 4.28. The van der Waals surface area contributed by atoms with E-state index in [1.165, 1.54) is 6.08 Å². The van der Waals surface area contributed by atoms with Gasteiger partial charge in [0.2, 0.25) is 0 Å². The summed E-state index contributed by atoms with van der Waals surface area (Å²) in [6.07, 6.45) is 3.16. The van der Waals surface area contributed by atoms with Gasteiger partial charge in [0.05, 0.1) is 5.69 Å². The number of nitrogens with zero attached hydrogens (tertiary/aromatic N) is 1. The number of allylic oxidation sites excluding steroid dienone is 1. The third kappa shape index (κ3) is 2.88. The second-order valence-corrected chi connectivity index (χ2v) is 5.22. The molecule has 0 unspecified atom stereocenters. The molecular formula is C14H14N2O2S. The number of rotatable bonds is 3. The van der Waals surface area contributed by atoms with Crippen molar-refractivity contribution >= 4 is 23.2 Å². The highest BCUT2D eigenvalue weighted by Gasteiger charge is 2.13. The zero-order valence-corrected chi connectivity index (χ0v) is 11.8. The number of ketones is 1. The van der Waals surface area contributed by atoms with Crippen LogP contribution >= 0.6 is 11.3 Å². The number of aryl methyl sites for hydroxylation is 3. The summed E-state index contributed by atoms with van der Waals surface area (Å²) in [7, 11) is 0. The second kappa shape index (κ2) is 5.32. The number of aromatic nitrogens is 2. The maximum absolute atomic E-state index is 12.1. The highest BCUT2D eigenvalue weighted by molar-refractivity contribution is 7.11. The number of hydrogen-bond donors (Lipinski definition) is 1. The molecule has 0 aliphatic carbocycles. The van der Waals surface area contributed by atoms with Crippen molar-refractivity contribution in [3.63, 3.8) is 0 Å². The topological polar surface area (TPSA) is 62.8 Å². The Labute approximate surface area is 114 Å². The largest absolute Gasteiger partial charge is 0.310 e. The van der Waals surface area contributed by atoms with Crippen LogP contribution in [0.25, 0.3) is 6.08 Å². The van der Waals surface area contributed by atoms with Crippen molar-refractivity contribution in [3.05, 3.63) is 55.4 Å². The first-order valence-corrected chi connectivity index (χ1v) is 6.71. The Morgan fingerprint density at radius 3 is 2.68 bits per heavy atom. The minimum absolute atomic E-state index is 0.107. The fourth-order valence-electron chi connectivity index (χ4n) is 1.81. The summed E-state index contributed by atoms with van der Waals surface area (Å²) in [6.45, 7) is 5.33. The van der Waals surface area contributed by atoms with E-state index < -0.39 is 0 Å². The van der Waals surface area contributed by atoms with Crippen molar-refractivity contribution < 1.29 is 4.79 Å². The maximum atomic E-state index is 12.1. The van der Waals surface area contributed by atoms with Crippen molar-refractivity contribution in [1.29, 1.82) is 0 Å². The Kier molecular flexibility index (Phi) is 3.76.